The quantitative estimate of drug-likeness (QED) is 0.912. The molecule has 2 aliphatic rings. The molecule has 1 aromatic carbocycles. The van der Waals surface area contributed by atoms with Crippen LogP contribution in [0.2, 0.25) is 0 Å². The van der Waals surface area contributed by atoms with Crippen LogP contribution in [0, 0.1) is 19.8 Å². The highest BCUT2D eigenvalue weighted by atomic mass is 16.2. The maximum atomic E-state index is 12.4. The zero-order chi connectivity index (χ0) is 17.8. The number of aryl methyl sites for hydroxylation is 1. The number of carbonyl (C=O) groups excluding carboxylic acids is 1. The molecule has 2 fully saturated rings. The summed E-state index contributed by atoms with van der Waals surface area (Å²) in [6.45, 7) is 11.1. The van der Waals surface area contributed by atoms with Gasteiger partial charge in [-0.3, -0.25) is 9.69 Å². The van der Waals surface area contributed by atoms with E-state index in [9.17, 15) is 4.79 Å². The first-order valence-corrected chi connectivity index (χ1v) is 9.87. The van der Waals surface area contributed by atoms with E-state index >= 15 is 0 Å². The molecule has 4 heteroatoms. The average molecular weight is 344 g/mol. The highest BCUT2D eigenvalue weighted by Crippen LogP contribution is 2.25. The van der Waals surface area contributed by atoms with Crippen LogP contribution in [-0.4, -0.2) is 49.6 Å². The van der Waals surface area contributed by atoms with E-state index in [1.807, 2.05) is 0 Å². The van der Waals surface area contributed by atoms with Gasteiger partial charge >= 0.3 is 0 Å². The first kappa shape index (κ1) is 18.2. The third kappa shape index (κ3) is 4.55. The van der Waals surface area contributed by atoms with Gasteiger partial charge in [0.2, 0.25) is 5.91 Å². The number of anilines is 1. The van der Waals surface area contributed by atoms with Crippen LogP contribution in [0.3, 0.4) is 0 Å². The number of hydrogen-bond acceptors (Lipinski definition) is 3. The summed E-state index contributed by atoms with van der Waals surface area (Å²) in [5.74, 6) is 0.831. The Bertz CT molecular complexity index is 593. The Morgan fingerprint density at radius 2 is 1.84 bits per heavy atom. The van der Waals surface area contributed by atoms with E-state index in [0.29, 0.717) is 18.5 Å². The predicted molar refractivity (Wildman–Crippen MR) is 104 cm³/mol. The summed E-state index contributed by atoms with van der Waals surface area (Å²) in [6, 6.07) is 6.92. The van der Waals surface area contributed by atoms with E-state index in [1.54, 1.807) is 0 Å². The Morgan fingerprint density at radius 3 is 2.56 bits per heavy atom. The molecular formula is C21H33N3O. The number of hydrogen-bond donors (Lipinski definition) is 1. The van der Waals surface area contributed by atoms with Crippen LogP contribution >= 0.6 is 0 Å². The van der Waals surface area contributed by atoms with Gasteiger partial charge in [0.1, 0.15) is 0 Å². The summed E-state index contributed by atoms with van der Waals surface area (Å²) < 4.78 is 0. The third-order valence-corrected chi connectivity index (χ3v) is 6.11. The fourth-order valence-electron chi connectivity index (χ4n) is 4.21. The number of piperazine rings is 1. The maximum Gasteiger partial charge on any atom is 0.234 e. The molecule has 1 amide bonds. The minimum atomic E-state index is 0.207. The number of nitrogens with one attached hydrogen (secondary N) is 1. The SMILES string of the molecule is Cc1cccc(N2CCN(CC(=O)N[C@@H]3CCCC[C@H]3C)CC2)c1C. The van der Waals surface area contributed by atoms with Crippen LogP contribution in [-0.2, 0) is 4.79 Å². The van der Waals surface area contributed by atoms with Crippen LogP contribution < -0.4 is 10.2 Å². The minimum absolute atomic E-state index is 0.207. The molecule has 4 nitrogen and oxygen atoms in total. The van der Waals surface area contributed by atoms with Crippen molar-refractivity contribution in [2.45, 2.75) is 52.5 Å². The lowest BCUT2D eigenvalue weighted by Crippen LogP contribution is -2.51. The van der Waals surface area contributed by atoms with Crippen molar-refractivity contribution in [1.29, 1.82) is 0 Å². The smallest absolute Gasteiger partial charge is 0.234 e. The molecule has 1 saturated carbocycles. The van der Waals surface area contributed by atoms with Crippen molar-refractivity contribution in [3.63, 3.8) is 0 Å². The van der Waals surface area contributed by atoms with Gasteiger partial charge in [0.05, 0.1) is 6.54 Å². The van der Waals surface area contributed by atoms with Gasteiger partial charge in [0.15, 0.2) is 0 Å². The molecule has 1 aliphatic heterocycles. The normalized spacial score (nSPS) is 25.0. The molecule has 1 aliphatic carbocycles. The number of carbonyl (C=O) groups is 1. The van der Waals surface area contributed by atoms with E-state index in [-0.39, 0.29) is 5.91 Å². The standard InChI is InChI=1S/C21H33N3O/c1-16-8-6-10-20(18(16)3)24-13-11-23(12-14-24)15-21(25)22-19-9-5-4-7-17(19)2/h6,8,10,17,19H,4-5,7,9,11-15H2,1-3H3,(H,22,25)/t17-,19-/m1/s1. The zero-order valence-electron chi connectivity index (χ0n) is 16.1. The van der Waals surface area contributed by atoms with Crippen molar-refractivity contribution in [2.24, 2.45) is 5.92 Å². The lowest BCUT2D eigenvalue weighted by molar-refractivity contribution is -0.123. The Labute approximate surface area is 152 Å². The van der Waals surface area contributed by atoms with Crippen LogP contribution in [0.4, 0.5) is 5.69 Å². The molecule has 1 heterocycles. The van der Waals surface area contributed by atoms with Gasteiger partial charge in [-0.05, 0) is 49.8 Å². The molecule has 1 saturated heterocycles. The van der Waals surface area contributed by atoms with E-state index in [4.69, 9.17) is 0 Å². The summed E-state index contributed by atoms with van der Waals surface area (Å²) >= 11 is 0. The van der Waals surface area contributed by atoms with E-state index < -0.39 is 0 Å². The number of nitrogens with zero attached hydrogens (tertiary/aromatic N) is 2. The topological polar surface area (TPSA) is 35.6 Å². The minimum Gasteiger partial charge on any atom is -0.369 e. The fourth-order valence-corrected chi connectivity index (χ4v) is 4.21. The Balaban J connectivity index is 1.47. The molecule has 0 radical (unpaired) electrons. The van der Waals surface area contributed by atoms with Gasteiger partial charge in [-0.2, -0.15) is 0 Å². The van der Waals surface area contributed by atoms with Gasteiger partial charge in [0, 0.05) is 37.9 Å². The first-order valence-electron chi connectivity index (χ1n) is 9.87. The second-order valence-corrected chi connectivity index (χ2v) is 7.92. The van der Waals surface area contributed by atoms with Gasteiger partial charge in [-0.1, -0.05) is 31.9 Å². The van der Waals surface area contributed by atoms with Crippen LogP contribution in [0.1, 0.15) is 43.7 Å². The van der Waals surface area contributed by atoms with Crippen molar-refractivity contribution in [1.82, 2.24) is 10.2 Å². The lowest BCUT2D eigenvalue weighted by atomic mass is 9.86. The number of benzene rings is 1. The Hall–Kier alpha value is -1.55. The van der Waals surface area contributed by atoms with E-state index in [1.165, 1.54) is 36.1 Å². The molecule has 3 rings (SSSR count). The van der Waals surface area contributed by atoms with Crippen molar-refractivity contribution < 1.29 is 4.79 Å². The predicted octanol–water partition coefficient (Wildman–Crippen LogP) is 3.12. The average Bonchev–Trinajstić information content (AvgIpc) is 2.60. The first-order chi connectivity index (χ1) is 12.0. The summed E-state index contributed by atoms with van der Waals surface area (Å²) in [6.07, 6.45) is 4.96. The maximum absolute atomic E-state index is 12.4. The summed E-state index contributed by atoms with van der Waals surface area (Å²) in [5.41, 5.74) is 4.07. The monoisotopic (exact) mass is 343 g/mol. The second-order valence-electron chi connectivity index (χ2n) is 7.92. The summed E-state index contributed by atoms with van der Waals surface area (Å²) in [7, 11) is 0. The number of rotatable bonds is 4. The van der Waals surface area contributed by atoms with E-state index in [0.717, 1.165) is 32.6 Å². The van der Waals surface area contributed by atoms with Crippen LogP contribution in [0.15, 0.2) is 18.2 Å². The lowest BCUT2D eigenvalue weighted by Gasteiger charge is -2.37. The number of amides is 1. The van der Waals surface area contributed by atoms with Gasteiger partial charge in [-0.25, -0.2) is 0 Å². The van der Waals surface area contributed by atoms with E-state index in [2.05, 4.69) is 54.1 Å². The summed E-state index contributed by atoms with van der Waals surface area (Å²) in [5, 5.41) is 3.28. The van der Waals surface area contributed by atoms with Gasteiger partial charge < -0.3 is 10.2 Å². The highest BCUT2D eigenvalue weighted by Gasteiger charge is 2.25. The largest absolute Gasteiger partial charge is 0.369 e. The van der Waals surface area contributed by atoms with Crippen molar-refractivity contribution >= 4 is 11.6 Å². The van der Waals surface area contributed by atoms with Crippen LogP contribution in [0.25, 0.3) is 0 Å². The van der Waals surface area contributed by atoms with Crippen molar-refractivity contribution in [3.8, 4) is 0 Å². The molecule has 0 aromatic heterocycles. The molecule has 0 spiro atoms. The Kier molecular flexibility index (Phi) is 6.00. The molecule has 0 unspecified atom stereocenters. The molecule has 0 bridgehead atoms. The molecule has 1 aromatic rings. The third-order valence-electron chi connectivity index (χ3n) is 6.11. The molecule has 25 heavy (non-hydrogen) atoms. The molecular weight excluding hydrogens is 310 g/mol. The second kappa shape index (κ2) is 8.22. The van der Waals surface area contributed by atoms with Gasteiger partial charge in [0.25, 0.3) is 0 Å². The van der Waals surface area contributed by atoms with Crippen molar-refractivity contribution in [3.05, 3.63) is 29.3 Å². The molecule has 1 N–H and O–H groups in total. The fraction of sp³-hybridized carbons (Fsp3) is 0.667. The molecule has 138 valence electrons. The van der Waals surface area contributed by atoms with Gasteiger partial charge in [-0.15, -0.1) is 0 Å². The Morgan fingerprint density at radius 1 is 1.12 bits per heavy atom. The zero-order valence-corrected chi connectivity index (χ0v) is 16.1. The summed E-state index contributed by atoms with van der Waals surface area (Å²) in [4.78, 5) is 17.2. The molecule has 2 atom stereocenters. The van der Waals surface area contributed by atoms with Crippen LogP contribution in [0.5, 0.6) is 0 Å². The highest BCUT2D eigenvalue weighted by molar-refractivity contribution is 5.78. The van der Waals surface area contributed by atoms with Crippen molar-refractivity contribution in [2.75, 3.05) is 37.6 Å².